The van der Waals surface area contributed by atoms with Gasteiger partial charge in [0.05, 0.1) is 23.8 Å². The van der Waals surface area contributed by atoms with E-state index in [2.05, 4.69) is 41.2 Å². The first-order chi connectivity index (χ1) is 17.4. The Hall–Kier alpha value is -3.97. The van der Waals surface area contributed by atoms with Crippen molar-refractivity contribution in [3.05, 3.63) is 81.8 Å². The summed E-state index contributed by atoms with van der Waals surface area (Å²) in [4.78, 5) is 34.7. The summed E-state index contributed by atoms with van der Waals surface area (Å²) < 4.78 is 5.69. The van der Waals surface area contributed by atoms with E-state index >= 15 is 0 Å². The van der Waals surface area contributed by atoms with E-state index in [1.54, 1.807) is 6.20 Å². The molecule has 2 aromatic carbocycles. The van der Waals surface area contributed by atoms with Crippen LogP contribution in [-0.4, -0.2) is 41.6 Å². The predicted octanol–water partition coefficient (Wildman–Crippen LogP) is 4.53. The Balaban J connectivity index is 1.38. The largest absolute Gasteiger partial charge is 0.375 e. The van der Waals surface area contributed by atoms with Gasteiger partial charge in [0.25, 0.3) is 5.56 Å². The molecule has 7 heteroatoms. The monoisotopic (exact) mass is 480 g/mol. The van der Waals surface area contributed by atoms with Crippen LogP contribution in [-0.2, 0) is 22.4 Å². The average molecular weight is 481 g/mol. The molecule has 36 heavy (non-hydrogen) atoms. The van der Waals surface area contributed by atoms with Crippen LogP contribution in [0.4, 0.5) is 17.2 Å². The molecule has 2 aliphatic rings. The van der Waals surface area contributed by atoms with Crippen molar-refractivity contribution < 1.29 is 9.53 Å². The number of H-pyrrole nitrogens is 1. The molecule has 0 spiro atoms. The van der Waals surface area contributed by atoms with Gasteiger partial charge in [-0.05, 0) is 72.3 Å². The zero-order valence-electron chi connectivity index (χ0n) is 20.4. The van der Waals surface area contributed by atoms with Crippen molar-refractivity contribution in [2.45, 2.75) is 32.8 Å². The number of pyridine rings is 2. The normalized spacial score (nSPS) is 17.4. The topological polar surface area (TPSA) is 87.3 Å². The number of aryl methyl sites for hydroxylation is 1. The van der Waals surface area contributed by atoms with E-state index in [0.717, 1.165) is 58.7 Å². The number of ether oxygens (including phenoxy) is 1. The Morgan fingerprint density at radius 1 is 1.06 bits per heavy atom. The summed E-state index contributed by atoms with van der Waals surface area (Å²) in [5.74, 6) is 0.751. The van der Waals surface area contributed by atoms with E-state index in [1.807, 2.05) is 36.4 Å². The maximum Gasteiger partial charge on any atom is 0.259 e. The van der Waals surface area contributed by atoms with Crippen LogP contribution in [0.2, 0.25) is 0 Å². The summed E-state index contributed by atoms with van der Waals surface area (Å²) >= 11 is 0. The molecule has 6 rings (SSSR count). The number of hydrogen-bond donors (Lipinski definition) is 2. The molecule has 182 valence electrons. The summed E-state index contributed by atoms with van der Waals surface area (Å²) in [6, 6.07) is 16.1. The highest BCUT2D eigenvalue weighted by atomic mass is 16.5. The third kappa shape index (κ3) is 4.16. The Bertz CT molecular complexity index is 1560. The second kappa shape index (κ2) is 8.91. The third-order valence-corrected chi connectivity index (χ3v) is 7.07. The molecule has 2 N–H and O–H groups in total. The van der Waals surface area contributed by atoms with E-state index in [9.17, 15) is 9.59 Å². The molecular weight excluding hydrogens is 452 g/mol. The van der Waals surface area contributed by atoms with Gasteiger partial charge in [-0.25, -0.2) is 4.98 Å². The van der Waals surface area contributed by atoms with Gasteiger partial charge in [-0.3, -0.25) is 9.59 Å². The highest BCUT2D eigenvalue weighted by Crippen LogP contribution is 2.32. The summed E-state index contributed by atoms with van der Waals surface area (Å²) in [7, 11) is 0. The second-order valence-corrected chi connectivity index (χ2v) is 9.76. The minimum atomic E-state index is -0.191. The number of anilines is 3. The zero-order chi connectivity index (χ0) is 24.8. The molecule has 1 atom stereocenters. The van der Waals surface area contributed by atoms with Crippen molar-refractivity contribution in [1.29, 1.82) is 0 Å². The fourth-order valence-electron chi connectivity index (χ4n) is 5.32. The summed E-state index contributed by atoms with van der Waals surface area (Å²) in [5, 5.41) is 4.73. The fraction of sp³-hybridized carbons (Fsp3) is 0.276. The smallest absolute Gasteiger partial charge is 0.259 e. The maximum atomic E-state index is 12.8. The number of rotatable bonds is 4. The van der Waals surface area contributed by atoms with Gasteiger partial charge in [0.2, 0.25) is 0 Å². The number of nitrogens with zero attached hydrogens (tertiary/aromatic N) is 2. The van der Waals surface area contributed by atoms with E-state index < -0.39 is 0 Å². The lowest BCUT2D eigenvalue weighted by atomic mass is 10.0. The van der Waals surface area contributed by atoms with E-state index in [0.29, 0.717) is 24.0 Å². The van der Waals surface area contributed by atoms with Crippen molar-refractivity contribution in [2.75, 3.05) is 29.9 Å². The Labute approximate surface area is 209 Å². The molecule has 2 aromatic heterocycles. The van der Waals surface area contributed by atoms with Crippen molar-refractivity contribution in [3.63, 3.8) is 0 Å². The molecule has 0 amide bonds. The minimum Gasteiger partial charge on any atom is -0.375 e. The number of carbonyl (C=O) groups excluding carboxylic acids is 1. The van der Waals surface area contributed by atoms with Crippen LogP contribution < -0.4 is 15.8 Å². The van der Waals surface area contributed by atoms with Crippen molar-refractivity contribution in [1.82, 2.24) is 9.97 Å². The van der Waals surface area contributed by atoms with Crippen molar-refractivity contribution >= 4 is 33.7 Å². The minimum absolute atomic E-state index is 0.191. The highest BCUT2D eigenvalue weighted by molar-refractivity contribution is 5.95. The molecule has 1 saturated heterocycles. The van der Waals surface area contributed by atoms with Crippen molar-refractivity contribution in [3.8, 4) is 11.3 Å². The first kappa shape index (κ1) is 22.5. The zero-order valence-corrected chi connectivity index (χ0v) is 20.4. The van der Waals surface area contributed by atoms with Crippen LogP contribution in [0, 0.1) is 6.92 Å². The molecular formula is C29H28N4O3. The molecule has 0 radical (unpaired) electrons. The molecule has 7 nitrogen and oxygen atoms in total. The van der Waals surface area contributed by atoms with E-state index in [-0.39, 0.29) is 17.4 Å². The Morgan fingerprint density at radius 2 is 1.92 bits per heavy atom. The van der Waals surface area contributed by atoms with Crippen LogP contribution in [0.5, 0.6) is 0 Å². The summed E-state index contributed by atoms with van der Waals surface area (Å²) in [5.41, 5.74) is 6.85. The molecule has 1 aliphatic heterocycles. The molecule has 0 unspecified atom stereocenters. The molecule has 0 saturated carbocycles. The Kier molecular flexibility index (Phi) is 5.57. The molecule has 1 fully saturated rings. The number of ketones is 1. The first-order valence-electron chi connectivity index (χ1n) is 12.3. The van der Waals surface area contributed by atoms with E-state index in [4.69, 9.17) is 9.72 Å². The summed E-state index contributed by atoms with van der Waals surface area (Å²) in [6.45, 7) is 6.65. The van der Waals surface area contributed by atoms with Gasteiger partial charge >= 0.3 is 0 Å². The number of aromatic amines is 1. The molecule has 4 aromatic rings. The lowest BCUT2D eigenvalue weighted by Gasteiger charge is -2.34. The van der Waals surface area contributed by atoms with Crippen LogP contribution >= 0.6 is 0 Å². The van der Waals surface area contributed by atoms with E-state index in [1.165, 1.54) is 5.69 Å². The quantitative estimate of drug-likeness (QED) is 0.446. The maximum absolute atomic E-state index is 12.8. The summed E-state index contributed by atoms with van der Waals surface area (Å²) in [6.07, 6.45) is 2.83. The molecule has 1 aliphatic carbocycles. The van der Waals surface area contributed by atoms with Crippen LogP contribution in [0.3, 0.4) is 0 Å². The SMILES string of the molecule is Cc1cc(Nc2nc(-c3ccc4c(c3)CC(=O)C4)cc3cc[nH]c(=O)c23)ccc1N1CCO[C@H](C)C1. The standard InChI is InChI=1S/C29H28N4O3/c1-17-11-23(5-6-26(17)33-9-10-36-18(2)16-33)31-28-27-21(7-8-30-29(27)35)15-25(32-28)20-4-3-19-13-24(34)14-22(19)12-20/h3-8,11-12,15,18H,9-10,13-14,16H2,1-2H3,(H,30,35)(H,31,32)/t18-/m1/s1. The van der Waals surface area contributed by atoms with Crippen LogP contribution in [0.1, 0.15) is 23.6 Å². The van der Waals surface area contributed by atoms with Crippen molar-refractivity contribution in [2.24, 2.45) is 0 Å². The number of nitrogens with one attached hydrogen (secondary N) is 2. The second-order valence-electron chi connectivity index (χ2n) is 9.76. The molecule has 3 heterocycles. The van der Waals surface area contributed by atoms with Gasteiger partial charge < -0.3 is 19.9 Å². The van der Waals surface area contributed by atoms with Gasteiger partial charge in [0.15, 0.2) is 0 Å². The number of benzene rings is 2. The van der Waals surface area contributed by atoms with Gasteiger partial charge in [0.1, 0.15) is 11.6 Å². The lowest BCUT2D eigenvalue weighted by molar-refractivity contribution is -0.117. The number of fused-ring (bicyclic) bond motifs is 2. The van der Waals surface area contributed by atoms with Gasteiger partial charge in [-0.1, -0.05) is 12.1 Å². The fourth-order valence-corrected chi connectivity index (χ4v) is 5.32. The van der Waals surface area contributed by atoms with Crippen LogP contribution in [0.25, 0.3) is 22.0 Å². The highest BCUT2D eigenvalue weighted by Gasteiger charge is 2.21. The first-order valence-corrected chi connectivity index (χ1v) is 12.3. The number of carbonyl (C=O) groups is 1. The number of aromatic nitrogens is 2. The third-order valence-electron chi connectivity index (χ3n) is 7.07. The lowest BCUT2D eigenvalue weighted by Crippen LogP contribution is -2.41. The number of hydrogen-bond acceptors (Lipinski definition) is 6. The van der Waals surface area contributed by atoms with Gasteiger partial charge in [-0.2, -0.15) is 0 Å². The van der Waals surface area contributed by atoms with Gasteiger partial charge in [0, 0.05) is 49.1 Å². The van der Waals surface area contributed by atoms with Crippen LogP contribution in [0.15, 0.2) is 59.5 Å². The predicted molar refractivity (Wildman–Crippen MR) is 142 cm³/mol. The number of Topliss-reactive ketones (excluding diaryl/α,β-unsaturated/α-hetero) is 1. The molecule has 0 bridgehead atoms. The average Bonchev–Trinajstić information content (AvgIpc) is 3.23. The Morgan fingerprint density at radius 3 is 2.75 bits per heavy atom. The number of morpholine rings is 1. The van der Waals surface area contributed by atoms with Gasteiger partial charge in [-0.15, -0.1) is 0 Å².